The first kappa shape index (κ1) is 29.8. The molecular formula is C25H33F3N6O5S. The van der Waals surface area contributed by atoms with Crippen molar-refractivity contribution in [3.63, 3.8) is 0 Å². The number of carbonyl (C=O) groups is 1. The maximum Gasteiger partial charge on any atom is 0.423 e. The molecular weight excluding hydrogens is 553 g/mol. The standard InChI is InChI=1S/C25H33F3N6O5S/c1-34-11-9-16(10-12-34)30-22(35)15-7-8-18(21(13-15)38-2)31-24-29-14-17(25(26,27)28)23(32-24)39-20-6-4-5-19(20)33-40(3,36)37/h7-8,13-14,16,19-20,33H,4-6,9-12H2,1-3H3,(H,30,35)(H,29,31,32)/t19-,20-/m1/s1. The average molecular weight is 587 g/mol. The number of alkyl halides is 3. The van der Waals surface area contributed by atoms with Crippen molar-refractivity contribution in [2.24, 2.45) is 0 Å². The van der Waals surface area contributed by atoms with Gasteiger partial charge in [0.15, 0.2) is 0 Å². The predicted octanol–water partition coefficient (Wildman–Crippen LogP) is 2.92. The van der Waals surface area contributed by atoms with E-state index in [2.05, 4.69) is 30.2 Å². The summed E-state index contributed by atoms with van der Waals surface area (Å²) in [6.45, 7) is 1.79. The summed E-state index contributed by atoms with van der Waals surface area (Å²) in [7, 11) is -0.157. The fraction of sp³-hybridized carbons (Fsp3) is 0.560. The van der Waals surface area contributed by atoms with Gasteiger partial charge < -0.3 is 25.0 Å². The van der Waals surface area contributed by atoms with Crippen molar-refractivity contribution in [1.82, 2.24) is 24.9 Å². The van der Waals surface area contributed by atoms with Crippen molar-refractivity contribution < 1.29 is 35.9 Å². The number of halogens is 3. The first-order valence-electron chi connectivity index (χ1n) is 12.8. The molecule has 2 atom stereocenters. The summed E-state index contributed by atoms with van der Waals surface area (Å²) < 4.78 is 78.0. The molecule has 2 aromatic rings. The van der Waals surface area contributed by atoms with E-state index in [1.807, 2.05) is 7.05 Å². The molecule has 2 heterocycles. The lowest BCUT2D eigenvalue weighted by atomic mass is 10.0. The number of rotatable bonds is 9. The van der Waals surface area contributed by atoms with E-state index in [0.29, 0.717) is 36.7 Å². The van der Waals surface area contributed by atoms with Crippen LogP contribution in [0.4, 0.5) is 24.8 Å². The topological polar surface area (TPSA) is 135 Å². The van der Waals surface area contributed by atoms with Gasteiger partial charge in [0, 0.05) is 17.8 Å². The molecule has 0 radical (unpaired) electrons. The lowest BCUT2D eigenvalue weighted by Gasteiger charge is -2.29. The summed E-state index contributed by atoms with van der Waals surface area (Å²) >= 11 is 0. The largest absolute Gasteiger partial charge is 0.495 e. The first-order chi connectivity index (χ1) is 18.8. The predicted molar refractivity (Wildman–Crippen MR) is 141 cm³/mol. The van der Waals surface area contributed by atoms with Crippen molar-refractivity contribution in [2.75, 3.05) is 38.8 Å². The maximum atomic E-state index is 13.7. The highest BCUT2D eigenvalue weighted by Gasteiger charge is 2.39. The van der Waals surface area contributed by atoms with Gasteiger partial charge in [-0.1, -0.05) is 0 Å². The molecule has 1 aliphatic heterocycles. The van der Waals surface area contributed by atoms with Gasteiger partial charge in [0.1, 0.15) is 17.4 Å². The highest BCUT2D eigenvalue weighted by Crippen LogP contribution is 2.38. The van der Waals surface area contributed by atoms with Crippen LogP contribution in [0.1, 0.15) is 48.0 Å². The molecule has 1 saturated carbocycles. The van der Waals surface area contributed by atoms with Gasteiger partial charge in [-0.05, 0) is 70.4 Å². The molecule has 1 aromatic heterocycles. The van der Waals surface area contributed by atoms with E-state index >= 15 is 0 Å². The smallest absolute Gasteiger partial charge is 0.423 e. The molecule has 220 valence electrons. The molecule has 1 aromatic carbocycles. The van der Waals surface area contributed by atoms with Crippen LogP contribution < -0.4 is 24.8 Å². The third-order valence-electron chi connectivity index (χ3n) is 6.90. The second-order valence-corrected chi connectivity index (χ2v) is 11.9. The zero-order chi connectivity index (χ0) is 29.1. The normalized spacial score (nSPS) is 20.8. The Morgan fingerprint density at radius 2 is 1.88 bits per heavy atom. The minimum atomic E-state index is -4.80. The number of likely N-dealkylation sites (tertiary alicyclic amines) is 1. The van der Waals surface area contributed by atoms with E-state index in [9.17, 15) is 26.4 Å². The highest BCUT2D eigenvalue weighted by molar-refractivity contribution is 7.88. The SMILES string of the molecule is COc1cc(C(=O)NC2CCN(C)CC2)ccc1Nc1ncc(C(F)(F)F)c(O[C@@H]2CCC[C@H]2NS(C)(=O)=O)n1. The maximum absolute atomic E-state index is 13.7. The fourth-order valence-corrected chi connectivity index (χ4v) is 5.63. The summed E-state index contributed by atoms with van der Waals surface area (Å²) in [5.41, 5.74) is -0.498. The van der Waals surface area contributed by atoms with E-state index < -0.39 is 39.8 Å². The van der Waals surface area contributed by atoms with Crippen LogP contribution in [0, 0.1) is 0 Å². The number of benzene rings is 1. The van der Waals surface area contributed by atoms with Crippen molar-refractivity contribution in [1.29, 1.82) is 0 Å². The van der Waals surface area contributed by atoms with Gasteiger partial charge in [-0.25, -0.2) is 18.1 Å². The van der Waals surface area contributed by atoms with Crippen molar-refractivity contribution >= 4 is 27.6 Å². The number of hydrogen-bond donors (Lipinski definition) is 3. The van der Waals surface area contributed by atoms with Gasteiger partial charge >= 0.3 is 6.18 Å². The number of anilines is 2. The summed E-state index contributed by atoms with van der Waals surface area (Å²) in [6, 6.07) is 4.02. The zero-order valence-electron chi connectivity index (χ0n) is 22.4. The lowest BCUT2D eigenvalue weighted by molar-refractivity contribution is -0.140. The Kier molecular flexibility index (Phi) is 9.05. The average Bonchev–Trinajstić information content (AvgIpc) is 3.29. The van der Waals surface area contributed by atoms with Crippen LogP contribution in [-0.4, -0.2) is 80.9 Å². The molecule has 11 nitrogen and oxygen atoms in total. The third kappa shape index (κ3) is 7.73. The third-order valence-corrected chi connectivity index (χ3v) is 7.64. The highest BCUT2D eigenvalue weighted by atomic mass is 32.2. The Balaban J connectivity index is 1.53. The molecule has 1 saturated heterocycles. The number of sulfonamides is 1. The molecule has 4 rings (SSSR count). The van der Waals surface area contributed by atoms with E-state index in [1.54, 1.807) is 12.1 Å². The monoisotopic (exact) mass is 586 g/mol. The number of hydrogen-bond acceptors (Lipinski definition) is 9. The number of amides is 1. The molecule has 3 N–H and O–H groups in total. The Bertz CT molecular complexity index is 1320. The Hall–Kier alpha value is -3.17. The minimum Gasteiger partial charge on any atom is -0.495 e. The zero-order valence-corrected chi connectivity index (χ0v) is 23.2. The van der Waals surface area contributed by atoms with Gasteiger partial charge in [0.05, 0.1) is 25.1 Å². The molecule has 0 bridgehead atoms. The molecule has 2 aliphatic rings. The van der Waals surface area contributed by atoms with Crippen LogP contribution in [0.25, 0.3) is 0 Å². The summed E-state index contributed by atoms with van der Waals surface area (Å²) in [5.74, 6) is -0.911. The van der Waals surface area contributed by atoms with E-state index in [-0.39, 0.29) is 23.6 Å². The van der Waals surface area contributed by atoms with Gasteiger partial charge in [0.25, 0.3) is 5.91 Å². The number of piperidine rings is 1. The molecule has 0 spiro atoms. The van der Waals surface area contributed by atoms with Crippen LogP contribution in [0.3, 0.4) is 0 Å². The van der Waals surface area contributed by atoms with E-state index in [1.165, 1.54) is 13.2 Å². The quantitative estimate of drug-likeness (QED) is 0.405. The molecule has 2 fully saturated rings. The van der Waals surface area contributed by atoms with Crippen molar-refractivity contribution in [3.8, 4) is 11.6 Å². The van der Waals surface area contributed by atoms with E-state index in [0.717, 1.165) is 32.2 Å². The number of nitrogens with one attached hydrogen (secondary N) is 3. The van der Waals surface area contributed by atoms with Gasteiger partial charge in [-0.2, -0.15) is 18.2 Å². The Labute approximate surface area is 230 Å². The molecule has 0 unspecified atom stereocenters. The second-order valence-electron chi connectivity index (χ2n) is 10.1. The van der Waals surface area contributed by atoms with E-state index in [4.69, 9.17) is 9.47 Å². The number of ether oxygens (including phenoxy) is 2. The van der Waals surface area contributed by atoms with Crippen LogP contribution in [0.5, 0.6) is 11.6 Å². The van der Waals surface area contributed by atoms with Crippen LogP contribution in [0.15, 0.2) is 24.4 Å². The van der Waals surface area contributed by atoms with Crippen LogP contribution in [-0.2, 0) is 16.2 Å². The molecule has 15 heteroatoms. The van der Waals surface area contributed by atoms with Gasteiger partial charge in [-0.3, -0.25) is 4.79 Å². The van der Waals surface area contributed by atoms with Gasteiger partial charge in [-0.15, -0.1) is 0 Å². The van der Waals surface area contributed by atoms with Gasteiger partial charge in [0.2, 0.25) is 21.9 Å². The van der Waals surface area contributed by atoms with Crippen molar-refractivity contribution in [2.45, 2.75) is 56.5 Å². The number of aromatic nitrogens is 2. The summed E-state index contributed by atoms with van der Waals surface area (Å²) in [6.07, 6.45) is -1.01. The minimum absolute atomic E-state index is 0.0681. The first-order valence-corrected chi connectivity index (χ1v) is 14.7. The number of nitrogens with zero attached hydrogens (tertiary/aromatic N) is 3. The van der Waals surface area contributed by atoms with Crippen LogP contribution >= 0.6 is 0 Å². The molecule has 1 aliphatic carbocycles. The van der Waals surface area contributed by atoms with Crippen molar-refractivity contribution in [3.05, 3.63) is 35.5 Å². The number of carbonyl (C=O) groups excluding carboxylic acids is 1. The van der Waals surface area contributed by atoms with Crippen LogP contribution in [0.2, 0.25) is 0 Å². The Morgan fingerprint density at radius 3 is 2.52 bits per heavy atom. The lowest BCUT2D eigenvalue weighted by Crippen LogP contribution is -2.43. The Morgan fingerprint density at radius 1 is 1.15 bits per heavy atom. The number of methoxy groups -OCH3 is 1. The fourth-order valence-electron chi connectivity index (χ4n) is 4.81. The molecule has 1 amide bonds. The summed E-state index contributed by atoms with van der Waals surface area (Å²) in [5, 5.41) is 5.85. The second kappa shape index (κ2) is 12.1. The molecule has 40 heavy (non-hydrogen) atoms. The summed E-state index contributed by atoms with van der Waals surface area (Å²) in [4.78, 5) is 22.8.